The van der Waals surface area contributed by atoms with Crippen molar-refractivity contribution < 1.29 is 13.6 Å². The second-order valence-corrected chi connectivity index (χ2v) is 4.67. The summed E-state index contributed by atoms with van der Waals surface area (Å²) in [7, 11) is 0. The van der Waals surface area contributed by atoms with Gasteiger partial charge in [0.05, 0.1) is 17.4 Å². The van der Waals surface area contributed by atoms with Gasteiger partial charge in [0.25, 0.3) is 0 Å². The van der Waals surface area contributed by atoms with Crippen LogP contribution in [0.1, 0.15) is 16.1 Å². The van der Waals surface area contributed by atoms with Crippen LogP contribution in [0.15, 0.2) is 63.8 Å². The third-order valence-electron chi connectivity index (χ3n) is 3.23. The molecule has 104 valence electrons. The summed E-state index contributed by atoms with van der Waals surface area (Å²) in [5.74, 6) is -0.774. The van der Waals surface area contributed by atoms with Gasteiger partial charge in [-0.05, 0) is 29.7 Å². The molecule has 0 N–H and O–H groups in total. The monoisotopic (exact) mass is 282 g/mol. The standard InChI is InChI=1S/C17H11FO3/c18-15-8-4-3-7-14(15)16(19)10-12-9-11-5-1-2-6-13(11)17(20)21-12/h1-9H,10H2. The fourth-order valence-electron chi connectivity index (χ4n) is 2.21. The topological polar surface area (TPSA) is 47.3 Å². The van der Waals surface area contributed by atoms with E-state index in [1.165, 1.54) is 18.2 Å². The van der Waals surface area contributed by atoms with Gasteiger partial charge >= 0.3 is 5.63 Å². The molecule has 2 aromatic carbocycles. The number of halogens is 1. The highest BCUT2D eigenvalue weighted by Crippen LogP contribution is 2.15. The van der Waals surface area contributed by atoms with E-state index in [2.05, 4.69) is 0 Å². The number of carbonyl (C=O) groups is 1. The van der Waals surface area contributed by atoms with Crippen LogP contribution in [0.5, 0.6) is 0 Å². The molecule has 3 aromatic rings. The summed E-state index contributed by atoms with van der Waals surface area (Å²) in [6.45, 7) is 0. The van der Waals surface area contributed by atoms with E-state index < -0.39 is 17.2 Å². The van der Waals surface area contributed by atoms with Crippen LogP contribution in [0.25, 0.3) is 10.8 Å². The Morgan fingerprint density at radius 3 is 2.57 bits per heavy atom. The van der Waals surface area contributed by atoms with Crippen molar-refractivity contribution in [2.75, 3.05) is 0 Å². The van der Waals surface area contributed by atoms with Crippen molar-refractivity contribution in [3.8, 4) is 0 Å². The summed E-state index contributed by atoms with van der Waals surface area (Å²) in [6, 6.07) is 14.3. The van der Waals surface area contributed by atoms with Crippen LogP contribution in [-0.4, -0.2) is 5.78 Å². The van der Waals surface area contributed by atoms with Gasteiger partial charge in [-0.1, -0.05) is 30.3 Å². The van der Waals surface area contributed by atoms with Gasteiger partial charge in [-0.2, -0.15) is 0 Å². The summed E-state index contributed by atoms with van der Waals surface area (Å²) >= 11 is 0. The van der Waals surface area contributed by atoms with E-state index in [0.717, 1.165) is 0 Å². The zero-order chi connectivity index (χ0) is 14.8. The molecule has 0 fully saturated rings. The molecule has 3 rings (SSSR count). The Morgan fingerprint density at radius 1 is 1.05 bits per heavy atom. The van der Waals surface area contributed by atoms with Gasteiger partial charge in [0.1, 0.15) is 11.6 Å². The summed E-state index contributed by atoms with van der Waals surface area (Å²) in [5, 5.41) is 1.16. The predicted molar refractivity (Wildman–Crippen MR) is 76.9 cm³/mol. The van der Waals surface area contributed by atoms with Gasteiger partial charge in [-0.3, -0.25) is 4.79 Å². The highest BCUT2D eigenvalue weighted by Gasteiger charge is 2.14. The molecular formula is C17H11FO3. The maximum atomic E-state index is 13.6. The van der Waals surface area contributed by atoms with Crippen LogP contribution in [0.4, 0.5) is 4.39 Å². The molecule has 1 heterocycles. The maximum Gasteiger partial charge on any atom is 0.343 e. The first-order chi connectivity index (χ1) is 10.1. The molecule has 0 unspecified atom stereocenters. The van der Waals surface area contributed by atoms with Crippen molar-refractivity contribution in [1.82, 2.24) is 0 Å². The lowest BCUT2D eigenvalue weighted by Gasteiger charge is -2.03. The van der Waals surface area contributed by atoms with Crippen LogP contribution in [0.3, 0.4) is 0 Å². The minimum Gasteiger partial charge on any atom is -0.427 e. The lowest BCUT2D eigenvalue weighted by molar-refractivity contribution is 0.0982. The van der Waals surface area contributed by atoms with E-state index in [9.17, 15) is 14.0 Å². The Labute approximate surface area is 119 Å². The molecule has 0 aliphatic carbocycles. The molecule has 4 heteroatoms. The molecule has 21 heavy (non-hydrogen) atoms. The zero-order valence-corrected chi connectivity index (χ0v) is 11.0. The van der Waals surface area contributed by atoms with Gasteiger partial charge in [0.15, 0.2) is 5.78 Å². The summed E-state index contributed by atoms with van der Waals surface area (Å²) in [5.41, 5.74) is -0.502. The Hall–Kier alpha value is -2.75. The zero-order valence-electron chi connectivity index (χ0n) is 11.0. The predicted octanol–water partition coefficient (Wildman–Crippen LogP) is 3.36. The molecule has 0 aliphatic heterocycles. The fraction of sp³-hybridized carbons (Fsp3) is 0.0588. The lowest BCUT2D eigenvalue weighted by Crippen LogP contribution is -2.09. The van der Waals surface area contributed by atoms with Gasteiger partial charge < -0.3 is 4.42 Å². The Bertz CT molecular complexity index is 880. The van der Waals surface area contributed by atoms with Gasteiger partial charge in [-0.25, -0.2) is 9.18 Å². The molecule has 0 saturated carbocycles. The third kappa shape index (κ3) is 2.60. The molecule has 3 nitrogen and oxygen atoms in total. The number of benzene rings is 2. The van der Waals surface area contributed by atoms with Crippen LogP contribution in [-0.2, 0) is 6.42 Å². The highest BCUT2D eigenvalue weighted by molar-refractivity contribution is 5.97. The molecule has 0 aliphatic rings. The number of carbonyl (C=O) groups excluding carboxylic acids is 1. The molecule has 0 bridgehead atoms. The first kappa shape index (κ1) is 13.2. The average Bonchev–Trinajstić information content (AvgIpc) is 2.47. The van der Waals surface area contributed by atoms with E-state index in [-0.39, 0.29) is 17.7 Å². The van der Waals surface area contributed by atoms with Crippen LogP contribution < -0.4 is 5.63 Å². The van der Waals surface area contributed by atoms with Crippen LogP contribution >= 0.6 is 0 Å². The van der Waals surface area contributed by atoms with Crippen molar-refractivity contribution in [2.45, 2.75) is 6.42 Å². The van der Waals surface area contributed by atoms with Crippen LogP contribution in [0.2, 0.25) is 0 Å². The second kappa shape index (κ2) is 5.32. The van der Waals surface area contributed by atoms with Crippen LogP contribution in [0, 0.1) is 5.82 Å². The van der Waals surface area contributed by atoms with E-state index in [1.807, 2.05) is 0 Å². The molecule has 0 atom stereocenters. The Morgan fingerprint density at radius 2 is 1.76 bits per heavy atom. The number of hydrogen-bond donors (Lipinski definition) is 0. The fourth-order valence-corrected chi connectivity index (χ4v) is 2.21. The smallest absolute Gasteiger partial charge is 0.343 e. The Kier molecular flexibility index (Phi) is 3.36. The first-order valence-corrected chi connectivity index (χ1v) is 6.44. The number of hydrogen-bond acceptors (Lipinski definition) is 3. The number of rotatable bonds is 3. The number of Topliss-reactive ketones (excluding diaryl/α,β-unsaturated/α-hetero) is 1. The second-order valence-electron chi connectivity index (χ2n) is 4.67. The highest BCUT2D eigenvalue weighted by atomic mass is 19.1. The van der Waals surface area contributed by atoms with Crippen molar-refractivity contribution in [1.29, 1.82) is 0 Å². The molecule has 0 amide bonds. The van der Waals surface area contributed by atoms with E-state index in [4.69, 9.17) is 4.42 Å². The van der Waals surface area contributed by atoms with Crippen molar-refractivity contribution in [3.05, 3.63) is 82.2 Å². The van der Waals surface area contributed by atoms with E-state index >= 15 is 0 Å². The molecule has 0 radical (unpaired) electrons. The van der Waals surface area contributed by atoms with Crippen molar-refractivity contribution >= 4 is 16.6 Å². The van der Waals surface area contributed by atoms with E-state index in [1.54, 1.807) is 36.4 Å². The van der Waals surface area contributed by atoms with Crippen molar-refractivity contribution in [2.24, 2.45) is 0 Å². The largest absolute Gasteiger partial charge is 0.427 e. The number of fused-ring (bicyclic) bond motifs is 1. The van der Waals surface area contributed by atoms with Gasteiger partial charge in [-0.15, -0.1) is 0 Å². The quantitative estimate of drug-likeness (QED) is 0.692. The maximum absolute atomic E-state index is 13.6. The molecule has 0 saturated heterocycles. The lowest BCUT2D eigenvalue weighted by atomic mass is 10.1. The molecule has 0 spiro atoms. The number of ketones is 1. The SMILES string of the molecule is O=C(Cc1cc2ccccc2c(=O)o1)c1ccccc1F. The average molecular weight is 282 g/mol. The third-order valence-corrected chi connectivity index (χ3v) is 3.23. The minimum atomic E-state index is -0.578. The van der Waals surface area contributed by atoms with Gasteiger partial charge in [0, 0.05) is 0 Å². The summed E-state index contributed by atoms with van der Waals surface area (Å²) in [6.07, 6.45) is -0.152. The Balaban J connectivity index is 1.97. The minimum absolute atomic E-state index is 0.00620. The summed E-state index contributed by atoms with van der Waals surface area (Å²) in [4.78, 5) is 23.9. The molecular weight excluding hydrogens is 271 g/mol. The van der Waals surface area contributed by atoms with Crippen molar-refractivity contribution in [3.63, 3.8) is 0 Å². The van der Waals surface area contributed by atoms with E-state index in [0.29, 0.717) is 10.8 Å². The van der Waals surface area contributed by atoms with Gasteiger partial charge in [0.2, 0.25) is 0 Å². The first-order valence-electron chi connectivity index (χ1n) is 6.44. The normalized spacial score (nSPS) is 10.7. The molecule has 1 aromatic heterocycles. The summed E-state index contributed by atoms with van der Waals surface area (Å²) < 4.78 is 18.7.